The van der Waals surface area contributed by atoms with E-state index in [1.807, 2.05) is 0 Å². The fourth-order valence-corrected chi connectivity index (χ4v) is 14.5. The minimum absolute atomic E-state index is 0.655. The van der Waals surface area contributed by atoms with E-state index in [0.29, 0.717) is 5.82 Å². The van der Waals surface area contributed by atoms with Crippen molar-refractivity contribution in [2.45, 2.75) is 27.7 Å². The van der Waals surface area contributed by atoms with Gasteiger partial charge in [-0.2, -0.15) is 0 Å². The summed E-state index contributed by atoms with van der Waals surface area (Å²) >= 11 is 0. The first-order valence-corrected chi connectivity index (χ1v) is 31.4. The number of rotatable bonds is 10. The van der Waals surface area contributed by atoms with Gasteiger partial charge in [0.1, 0.15) is 0 Å². The third-order valence-electron chi connectivity index (χ3n) is 18.6. The van der Waals surface area contributed by atoms with Crippen LogP contribution in [-0.4, -0.2) is 23.7 Å². The molecule has 0 radical (unpaired) electrons. The normalized spacial score (nSPS) is 11.7. The third-order valence-corrected chi connectivity index (χ3v) is 18.6. The van der Waals surface area contributed by atoms with Crippen LogP contribution in [-0.2, 0) is 0 Å². The number of para-hydroxylation sites is 6. The molecule has 0 spiro atoms. The molecule has 4 heterocycles. The number of aromatic nitrogens is 5. The van der Waals surface area contributed by atoms with Gasteiger partial charge >= 0.3 is 0 Å². The van der Waals surface area contributed by atoms with E-state index < -0.39 is 0 Å². The van der Waals surface area contributed by atoms with Gasteiger partial charge in [0.25, 0.3) is 0 Å². The second-order valence-corrected chi connectivity index (χ2v) is 24.3. The van der Waals surface area contributed by atoms with E-state index in [1.165, 1.54) is 76.8 Å². The van der Waals surface area contributed by atoms with Crippen LogP contribution in [0.1, 0.15) is 22.3 Å². The van der Waals surface area contributed by atoms with Gasteiger partial charge in [0.05, 0.1) is 61.6 Å². The van der Waals surface area contributed by atoms with Crippen LogP contribution < -0.4 is 0 Å². The zero-order valence-electron chi connectivity index (χ0n) is 51.0. The third kappa shape index (κ3) is 8.91. The second-order valence-electron chi connectivity index (χ2n) is 24.3. The summed E-state index contributed by atoms with van der Waals surface area (Å²) in [5.41, 5.74) is 28.5. The Morgan fingerprint density at radius 2 is 0.604 bits per heavy atom. The van der Waals surface area contributed by atoms with Crippen molar-refractivity contribution in [2.24, 2.45) is 0 Å². The first kappa shape index (κ1) is 53.6. The fraction of sp³-hybridized carbons (Fsp3) is 0.0465. The molecule has 0 unspecified atom stereocenters. The molecular weight excluding hydrogens is 1100 g/mol. The maximum absolute atomic E-state index is 5.64. The zero-order valence-corrected chi connectivity index (χ0v) is 51.0. The van der Waals surface area contributed by atoms with Gasteiger partial charge in [0, 0.05) is 71.3 Å². The summed E-state index contributed by atoms with van der Waals surface area (Å²) in [6.45, 7) is 8.83. The van der Waals surface area contributed by atoms with Crippen molar-refractivity contribution in [3.05, 3.63) is 320 Å². The highest BCUT2D eigenvalue weighted by Crippen LogP contribution is 2.49. The molecule has 17 rings (SSSR count). The van der Waals surface area contributed by atoms with Gasteiger partial charge in [0.2, 0.25) is 0 Å². The van der Waals surface area contributed by atoms with E-state index in [1.54, 1.807) is 0 Å². The van der Waals surface area contributed by atoms with Crippen molar-refractivity contribution in [1.29, 1.82) is 0 Å². The summed E-state index contributed by atoms with van der Waals surface area (Å²) in [5.74, 6) is 0.655. The molecule has 91 heavy (non-hydrogen) atoms. The van der Waals surface area contributed by atoms with E-state index in [4.69, 9.17) is 9.97 Å². The van der Waals surface area contributed by atoms with Crippen molar-refractivity contribution in [2.75, 3.05) is 0 Å². The predicted molar refractivity (Wildman–Crippen MR) is 382 cm³/mol. The average Bonchev–Trinajstić information content (AvgIpc) is 1.64. The highest BCUT2D eigenvalue weighted by atomic mass is 15.0. The molecule has 0 saturated heterocycles. The molecule has 0 aliphatic carbocycles. The Morgan fingerprint density at radius 1 is 0.231 bits per heavy atom. The van der Waals surface area contributed by atoms with Crippen molar-refractivity contribution < 1.29 is 0 Å². The number of aryl methyl sites for hydroxylation is 4. The first-order valence-electron chi connectivity index (χ1n) is 31.4. The topological polar surface area (TPSA) is 40.6 Å². The van der Waals surface area contributed by atoms with Crippen LogP contribution in [0, 0.1) is 27.7 Å². The van der Waals surface area contributed by atoms with Crippen molar-refractivity contribution in [3.63, 3.8) is 0 Å². The molecule has 0 fully saturated rings. The van der Waals surface area contributed by atoms with Crippen LogP contribution in [0.2, 0.25) is 0 Å². The van der Waals surface area contributed by atoms with E-state index in [2.05, 4.69) is 339 Å². The Hall–Kier alpha value is -11.7. The molecule has 0 aliphatic rings. The molecule has 0 saturated carbocycles. The lowest BCUT2D eigenvalue weighted by atomic mass is 9.90. The average molecular weight is 1160 g/mol. The standard InChI is InChI=1S/C86H61N5/c1-54-39-43-63(56(3)47-54)60-41-45-83-71(49-60)72-50-61(64-44-40-55(2)48-57(64)4)42-46-84(72)91(83)85-73(69-31-15-21-37-81(69)89-77-33-17-11-27-65(77)66-28-12-18-34-78(66)89)51-62(76-53-75(58-23-7-5-8-24-58)87-86(88-76)59-25-9-6-10-26-59)52-74(85)70-32-16-22-38-82(70)90-79-35-19-13-29-67(79)68-30-14-20-36-80(68)90/h5-53H,1-4H3. The van der Waals surface area contributed by atoms with Crippen LogP contribution in [0.15, 0.2) is 297 Å². The smallest absolute Gasteiger partial charge is 0.160 e. The number of fused-ring (bicyclic) bond motifs is 9. The molecule has 13 aromatic carbocycles. The lowest BCUT2D eigenvalue weighted by Crippen LogP contribution is -2.06. The van der Waals surface area contributed by atoms with Gasteiger partial charge in [0.15, 0.2) is 5.82 Å². The van der Waals surface area contributed by atoms with Gasteiger partial charge in [-0.15, -0.1) is 0 Å². The molecule has 5 heteroatoms. The van der Waals surface area contributed by atoms with Crippen molar-refractivity contribution in [1.82, 2.24) is 23.7 Å². The highest BCUT2D eigenvalue weighted by Gasteiger charge is 2.28. The Bertz CT molecular complexity index is 5310. The van der Waals surface area contributed by atoms with Crippen LogP contribution in [0.25, 0.3) is 161 Å². The van der Waals surface area contributed by atoms with Crippen LogP contribution in [0.5, 0.6) is 0 Å². The maximum Gasteiger partial charge on any atom is 0.160 e. The minimum atomic E-state index is 0.655. The Morgan fingerprint density at radius 3 is 1.04 bits per heavy atom. The van der Waals surface area contributed by atoms with Crippen LogP contribution in [0.4, 0.5) is 0 Å². The van der Waals surface area contributed by atoms with E-state index in [0.717, 1.165) is 100 Å². The Kier molecular flexibility index (Phi) is 12.7. The molecule has 0 aliphatic heterocycles. The zero-order chi connectivity index (χ0) is 60.8. The lowest BCUT2D eigenvalue weighted by Gasteiger charge is -2.24. The van der Waals surface area contributed by atoms with Gasteiger partial charge in [-0.05, 0) is 140 Å². The second kappa shape index (κ2) is 21.6. The highest BCUT2D eigenvalue weighted by molar-refractivity contribution is 6.15. The number of benzene rings is 13. The summed E-state index contributed by atoms with van der Waals surface area (Å²) < 4.78 is 7.55. The van der Waals surface area contributed by atoms with Crippen LogP contribution in [0.3, 0.4) is 0 Å². The summed E-state index contributed by atoms with van der Waals surface area (Å²) in [6.07, 6.45) is 0. The Balaban J connectivity index is 1.07. The van der Waals surface area contributed by atoms with E-state index in [-0.39, 0.29) is 0 Å². The Labute approximate surface area is 528 Å². The van der Waals surface area contributed by atoms with Gasteiger partial charge < -0.3 is 13.7 Å². The molecule has 430 valence electrons. The predicted octanol–water partition coefficient (Wildman–Crippen LogP) is 22.7. The number of hydrogen-bond donors (Lipinski definition) is 0. The van der Waals surface area contributed by atoms with Crippen molar-refractivity contribution >= 4 is 65.4 Å². The summed E-state index contributed by atoms with van der Waals surface area (Å²) in [5, 5.41) is 7.14. The minimum Gasteiger partial charge on any atom is -0.309 e. The first-order chi connectivity index (χ1) is 44.8. The van der Waals surface area contributed by atoms with Crippen LogP contribution >= 0.6 is 0 Å². The summed E-state index contributed by atoms with van der Waals surface area (Å²) in [7, 11) is 0. The monoisotopic (exact) mass is 1160 g/mol. The fourth-order valence-electron chi connectivity index (χ4n) is 14.5. The number of nitrogens with zero attached hydrogens (tertiary/aromatic N) is 5. The quantitative estimate of drug-likeness (QED) is 0.137. The summed E-state index contributed by atoms with van der Waals surface area (Å²) in [4.78, 5) is 11.0. The lowest BCUT2D eigenvalue weighted by molar-refractivity contribution is 1.15. The molecule has 0 N–H and O–H groups in total. The summed E-state index contributed by atoms with van der Waals surface area (Å²) in [6, 6.07) is 109. The molecule has 0 amide bonds. The van der Waals surface area contributed by atoms with Gasteiger partial charge in [-0.1, -0.05) is 230 Å². The van der Waals surface area contributed by atoms with E-state index >= 15 is 0 Å². The van der Waals surface area contributed by atoms with Gasteiger partial charge in [-0.25, -0.2) is 9.97 Å². The SMILES string of the molecule is Cc1ccc(-c2ccc3c(c2)c2cc(-c4ccc(C)cc4C)ccc2n3-c2c(-c3ccccc3-n3c4ccccc4c4ccccc43)cc(-c3cc(-c4ccccc4)nc(-c4ccccc4)n3)cc2-c2ccccc2-n2c3ccccc3c3ccccc32)c(C)c1. The molecular formula is C86H61N5. The van der Waals surface area contributed by atoms with Gasteiger partial charge in [-0.3, -0.25) is 0 Å². The molecule has 17 aromatic rings. The maximum atomic E-state index is 5.64. The molecule has 4 aromatic heterocycles. The van der Waals surface area contributed by atoms with Crippen molar-refractivity contribution in [3.8, 4) is 95.5 Å². The molecule has 0 bridgehead atoms. The number of hydrogen-bond acceptors (Lipinski definition) is 2. The molecule has 0 atom stereocenters. The van der Waals surface area contributed by atoms with E-state index in [9.17, 15) is 0 Å². The molecule has 5 nitrogen and oxygen atoms in total. The largest absolute Gasteiger partial charge is 0.309 e.